The average molecular weight is 450 g/mol. The maximum Gasteiger partial charge on any atom is 0.328 e. The molecule has 0 atom stereocenters. The van der Waals surface area contributed by atoms with Crippen molar-refractivity contribution in [2.75, 3.05) is 0 Å². The zero-order chi connectivity index (χ0) is 21.5. The van der Waals surface area contributed by atoms with Gasteiger partial charge in [0.05, 0.1) is 23.7 Å². The number of aromatic nitrogens is 4. The lowest BCUT2D eigenvalue weighted by atomic mass is 10.1. The number of furan rings is 2. The Morgan fingerprint density at radius 3 is 1.90 bits per heavy atom. The summed E-state index contributed by atoms with van der Waals surface area (Å²) in [5, 5.41) is 6.17. The Balaban J connectivity index is 2.04. The number of nitrogens with zero attached hydrogens (tertiary/aromatic N) is 4. The van der Waals surface area contributed by atoms with Crippen molar-refractivity contribution in [2.24, 2.45) is 0 Å². The first-order valence-electron chi connectivity index (χ1n) is 7.93. The van der Waals surface area contributed by atoms with Gasteiger partial charge in [-0.3, -0.25) is 14.1 Å². The standard InChI is InChI=1S/C16H10N4O8S2/c21-29(22,23)15-9(4-7-27-15)12-13(10-5-8-28-16(10)30(24,25)26)19-20-14(18-12)11-3-1-2-6-17-11/h1-8H,(H,21,22,23)(H,24,25,26). The van der Waals surface area contributed by atoms with Crippen LogP contribution < -0.4 is 0 Å². The Hall–Kier alpha value is -3.46. The third-order valence-corrected chi connectivity index (χ3v) is 5.39. The first kappa shape index (κ1) is 19.8. The fourth-order valence-electron chi connectivity index (χ4n) is 2.64. The summed E-state index contributed by atoms with van der Waals surface area (Å²) in [4.78, 5) is 8.33. The Morgan fingerprint density at radius 2 is 1.37 bits per heavy atom. The highest BCUT2D eigenvalue weighted by Crippen LogP contribution is 2.37. The van der Waals surface area contributed by atoms with Crippen LogP contribution in [0.4, 0.5) is 0 Å². The summed E-state index contributed by atoms with van der Waals surface area (Å²) in [5.74, 6) is -0.0197. The van der Waals surface area contributed by atoms with Gasteiger partial charge in [-0.1, -0.05) is 6.07 Å². The zero-order valence-corrected chi connectivity index (χ0v) is 16.2. The van der Waals surface area contributed by atoms with Crippen molar-refractivity contribution in [1.82, 2.24) is 20.2 Å². The van der Waals surface area contributed by atoms with Gasteiger partial charge in [-0.05, 0) is 24.3 Å². The van der Waals surface area contributed by atoms with Crippen molar-refractivity contribution in [3.8, 4) is 34.0 Å². The van der Waals surface area contributed by atoms with Crippen LogP contribution in [-0.2, 0) is 20.2 Å². The van der Waals surface area contributed by atoms with Crippen molar-refractivity contribution in [3.05, 3.63) is 49.1 Å². The molecular weight excluding hydrogens is 440 g/mol. The van der Waals surface area contributed by atoms with E-state index in [1.807, 2.05) is 0 Å². The Morgan fingerprint density at radius 1 is 0.767 bits per heavy atom. The summed E-state index contributed by atoms with van der Waals surface area (Å²) in [5.41, 5.74) is -0.623. The molecule has 0 aliphatic heterocycles. The quantitative estimate of drug-likeness (QED) is 0.421. The summed E-state index contributed by atoms with van der Waals surface area (Å²) in [6.07, 6.45) is 3.44. The molecule has 2 N–H and O–H groups in total. The Bertz CT molecular complexity index is 1440. The summed E-state index contributed by atoms with van der Waals surface area (Å²) < 4.78 is 75.2. The van der Waals surface area contributed by atoms with Crippen molar-refractivity contribution in [3.63, 3.8) is 0 Å². The van der Waals surface area contributed by atoms with Gasteiger partial charge in [-0.15, -0.1) is 10.2 Å². The van der Waals surface area contributed by atoms with Crippen LogP contribution in [0.3, 0.4) is 0 Å². The molecule has 4 aromatic rings. The van der Waals surface area contributed by atoms with Crippen LogP contribution in [0.5, 0.6) is 0 Å². The van der Waals surface area contributed by atoms with E-state index in [1.165, 1.54) is 18.3 Å². The monoisotopic (exact) mass is 450 g/mol. The third-order valence-electron chi connectivity index (χ3n) is 3.82. The number of pyridine rings is 1. The predicted octanol–water partition coefficient (Wildman–Crippen LogP) is 1.95. The largest absolute Gasteiger partial charge is 0.450 e. The van der Waals surface area contributed by atoms with Crippen LogP contribution in [0.2, 0.25) is 0 Å². The van der Waals surface area contributed by atoms with E-state index in [9.17, 15) is 25.9 Å². The van der Waals surface area contributed by atoms with Gasteiger partial charge in [-0.2, -0.15) is 16.8 Å². The molecule has 12 nitrogen and oxygen atoms in total. The molecule has 0 aliphatic rings. The molecule has 0 spiro atoms. The van der Waals surface area contributed by atoms with Gasteiger partial charge in [0.1, 0.15) is 17.1 Å². The number of hydrogen-bond donors (Lipinski definition) is 2. The van der Waals surface area contributed by atoms with Crippen molar-refractivity contribution >= 4 is 20.2 Å². The lowest BCUT2D eigenvalue weighted by molar-refractivity contribution is 0.407. The van der Waals surface area contributed by atoms with Gasteiger partial charge >= 0.3 is 20.2 Å². The van der Waals surface area contributed by atoms with E-state index in [0.29, 0.717) is 0 Å². The zero-order valence-electron chi connectivity index (χ0n) is 14.6. The second kappa shape index (κ2) is 7.10. The molecule has 0 bridgehead atoms. The number of hydrogen-bond acceptors (Lipinski definition) is 10. The molecule has 4 heterocycles. The lowest BCUT2D eigenvalue weighted by Crippen LogP contribution is -2.05. The van der Waals surface area contributed by atoms with Gasteiger partial charge in [0.2, 0.25) is 5.82 Å². The molecule has 0 saturated heterocycles. The molecule has 30 heavy (non-hydrogen) atoms. The van der Waals surface area contributed by atoms with Crippen LogP contribution in [0.15, 0.2) is 68.1 Å². The van der Waals surface area contributed by atoms with E-state index in [1.54, 1.807) is 18.2 Å². The first-order valence-corrected chi connectivity index (χ1v) is 10.8. The van der Waals surface area contributed by atoms with Gasteiger partial charge < -0.3 is 8.83 Å². The maximum absolute atomic E-state index is 11.7. The van der Waals surface area contributed by atoms with E-state index in [2.05, 4.69) is 20.2 Å². The second-order valence-electron chi connectivity index (χ2n) is 5.74. The van der Waals surface area contributed by atoms with E-state index in [-0.39, 0.29) is 34.0 Å². The van der Waals surface area contributed by atoms with E-state index >= 15 is 0 Å². The summed E-state index contributed by atoms with van der Waals surface area (Å²) in [7, 11) is -9.59. The molecule has 14 heteroatoms. The Kier molecular flexibility index (Phi) is 4.70. The van der Waals surface area contributed by atoms with Crippen molar-refractivity contribution in [1.29, 1.82) is 0 Å². The van der Waals surface area contributed by atoms with Crippen molar-refractivity contribution in [2.45, 2.75) is 10.2 Å². The highest BCUT2D eigenvalue weighted by Gasteiger charge is 2.29. The van der Waals surface area contributed by atoms with Gasteiger partial charge in [0.25, 0.3) is 10.2 Å². The van der Waals surface area contributed by atoms with Crippen LogP contribution >= 0.6 is 0 Å². The fraction of sp³-hybridized carbons (Fsp3) is 0. The highest BCUT2D eigenvalue weighted by atomic mass is 32.2. The molecule has 0 aliphatic carbocycles. The van der Waals surface area contributed by atoms with Crippen LogP contribution in [0.25, 0.3) is 34.0 Å². The van der Waals surface area contributed by atoms with Crippen LogP contribution in [-0.4, -0.2) is 46.1 Å². The SMILES string of the molecule is O=S(=O)(O)c1occc1-c1nnc(-c2ccccn2)nc1-c1ccoc1S(=O)(=O)O. The molecule has 4 rings (SSSR count). The third kappa shape index (κ3) is 3.59. The number of rotatable bonds is 5. The van der Waals surface area contributed by atoms with Gasteiger partial charge in [0.15, 0.2) is 0 Å². The summed E-state index contributed by atoms with van der Waals surface area (Å²) >= 11 is 0. The molecule has 0 aromatic carbocycles. The average Bonchev–Trinajstić information content (AvgIpc) is 3.37. The molecular formula is C16H10N4O8S2. The highest BCUT2D eigenvalue weighted by molar-refractivity contribution is 7.86. The van der Waals surface area contributed by atoms with Gasteiger partial charge in [-0.25, -0.2) is 4.98 Å². The van der Waals surface area contributed by atoms with E-state index in [0.717, 1.165) is 12.5 Å². The van der Waals surface area contributed by atoms with Crippen molar-refractivity contribution < 1.29 is 34.8 Å². The maximum atomic E-state index is 11.7. The van der Waals surface area contributed by atoms with Gasteiger partial charge in [0, 0.05) is 6.20 Å². The Labute approximate surface area is 168 Å². The molecule has 0 radical (unpaired) electrons. The molecule has 0 unspecified atom stereocenters. The minimum absolute atomic E-state index is 0.0197. The normalized spacial score (nSPS) is 12.2. The van der Waals surface area contributed by atoms with E-state index < -0.39 is 30.4 Å². The molecule has 154 valence electrons. The lowest BCUT2D eigenvalue weighted by Gasteiger charge is -2.08. The van der Waals surface area contributed by atoms with Crippen LogP contribution in [0.1, 0.15) is 0 Å². The minimum Gasteiger partial charge on any atom is -0.450 e. The smallest absolute Gasteiger partial charge is 0.328 e. The van der Waals surface area contributed by atoms with Crippen LogP contribution in [0, 0.1) is 0 Å². The first-order chi connectivity index (χ1) is 14.2. The van der Waals surface area contributed by atoms with E-state index in [4.69, 9.17) is 8.83 Å². The molecule has 0 amide bonds. The molecule has 0 fully saturated rings. The second-order valence-corrected chi connectivity index (χ2v) is 8.38. The topological polar surface area (TPSA) is 187 Å². The fourth-order valence-corrected chi connectivity index (χ4v) is 3.88. The molecule has 0 saturated carbocycles. The summed E-state index contributed by atoms with van der Waals surface area (Å²) in [6, 6.07) is 7.24. The predicted molar refractivity (Wildman–Crippen MR) is 98.1 cm³/mol. The summed E-state index contributed by atoms with van der Waals surface area (Å²) in [6.45, 7) is 0. The minimum atomic E-state index is -4.80. The molecule has 4 aromatic heterocycles.